The van der Waals surface area contributed by atoms with Crippen LogP contribution >= 0.6 is 0 Å². The summed E-state index contributed by atoms with van der Waals surface area (Å²) in [7, 11) is 0. The van der Waals surface area contributed by atoms with E-state index in [0.717, 1.165) is 24.2 Å². The number of fused-ring (bicyclic) bond motifs is 5. The second-order valence-corrected chi connectivity index (χ2v) is 7.25. The lowest BCUT2D eigenvalue weighted by Gasteiger charge is -2.50. The van der Waals surface area contributed by atoms with Gasteiger partial charge in [-0.1, -0.05) is 31.2 Å². The van der Waals surface area contributed by atoms with Gasteiger partial charge < -0.3 is 5.11 Å². The van der Waals surface area contributed by atoms with Crippen LogP contribution in [0.25, 0.3) is 0 Å². The van der Waals surface area contributed by atoms with Crippen LogP contribution in [0.15, 0.2) is 24.3 Å². The van der Waals surface area contributed by atoms with Gasteiger partial charge in [0.15, 0.2) is 0 Å². The molecule has 4 rings (SSSR count). The van der Waals surface area contributed by atoms with Crippen molar-refractivity contribution >= 4 is 0 Å². The van der Waals surface area contributed by atoms with E-state index in [4.69, 9.17) is 0 Å². The first kappa shape index (κ1) is 12.0. The van der Waals surface area contributed by atoms with Crippen molar-refractivity contribution in [2.45, 2.75) is 57.5 Å². The first-order chi connectivity index (χ1) is 9.20. The van der Waals surface area contributed by atoms with E-state index in [9.17, 15) is 5.11 Å². The van der Waals surface area contributed by atoms with Crippen LogP contribution < -0.4 is 0 Å². The lowest BCUT2D eigenvalue weighted by Crippen LogP contribution is -2.43. The fraction of sp³-hybridized carbons (Fsp3) is 0.667. The predicted molar refractivity (Wildman–Crippen MR) is 77.1 cm³/mol. The fourth-order valence-electron chi connectivity index (χ4n) is 5.49. The predicted octanol–water partition coefficient (Wildman–Crippen LogP) is 3.90. The number of benzene rings is 1. The number of hydrogen-bond acceptors (Lipinski definition) is 1. The van der Waals surface area contributed by atoms with Gasteiger partial charge in [0.1, 0.15) is 0 Å². The zero-order chi connectivity index (χ0) is 13.0. The van der Waals surface area contributed by atoms with Crippen LogP contribution in [0.3, 0.4) is 0 Å². The van der Waals surface area contributed by atoms with Crippen LogP contribution in [0, 0.1) is 17.3 Å². The third kappa shape index (κ3) is 1.57. The van der Waals surface area contributed by atoms with E-state index in [2.05, 4.69) is 31.2 Å². The van der Waals surface area contributed by atoms with Crippen molar-refractivity contribution < 1.29 is 5.11 Å². The van der Waals surface area contributed by atoms with Gasteiger partial charge in [0, 0.05) is 0 Å². The highest BCUT2D eigenvalue weighted by molar-refractivity contribution is 5.34. The fourth-order valence-corrected chi connectivity index (χ4v) is 5.49. The molecule has 0 amide bonds. The maximum atomic E-state index is 10.4. The molecule has 2 saturated carbocycles. The monoisotopic (exact) mass is 256 g/mol. The van der Waals surface area contributed by atoms with Gasteiger partial charge in [-0.25, -0.2) is 0 Å². The van der Waals surface area contributed by atoms with Crippen molar-refractivity contribution in [2.75, 3.05) is 0 Å². The van der Waals surface area contributed by atoms with Gasteiger partial charge >= 0.3 is 0 Å². The van der Waals surface area contributed by atoms with Gasteiger partial charge in [-0.2, -0.15) is 0 Å². The minimum absolute atomic E-state index is 0.0457. The molecule has 4 unspecified atom stereocenters. The molecule has 0 saturated heterocycles. The van der Waals surface area contributed by atoms with E-state index in [0.29, 0.717) is 0 Å². The molecule has 3 aliphatic rings. The van der Waals surface area contributed by atoms with Crippen molar-refractivity contribution in [1.29, 1.82) is 0 Å². The molecule has 1 heteroatoms. The normalized spacial score (nSPS) is 44.3. The molecule has 0 aliphatic heterocycles. The van der Waals surface area contributed by atoms with Crippen molar-refractivity contribution in [3.05, 3.63) is 35.4 Å². The smallest absolute Gasteiger partial charge is 0.0596 e. The van der Waals surface area contributed by atoms with Crippen molar-refractivity contribution in [2.24, 2.45) is 17.3 Å². The third-order valence-electron chi connectivity index (χ3n) is 6.59. The van der Waals surface area contributed by atoms with Crippen LogP contribution in [0.4, 0.5) is 0 Å². The summed E-state index contributed by atoms with van der Waals surface area (Å²) in [4.78, 5) is 0. The van der Waals surface area contributed by atoms with Crippen LogP contribution in [-0.4, -0.2) is 11.2 Å². The van der Waals surface area contributed by atoms with Crippen molar-refractivity contribution in [3.8, 4) is 0 Å². The average molecular weight is 256 g/mol. The number of hydrogen-bond donors (Lipinski definition) is 1. The van der Waals surface area contributed by atoms with E-state index in [1.54, 1.807) is 11.1 Å². The maximum absolute atomic E-state index is 10.4. The molecule has 0 spiro atoms. The van der Waals surface area contributed by atoms with Gasteiger partial charge in [-0.15, -0.1) is 0 Å². The molecular weight excluding hydrogens is 232 g/mol. The van der Waals surface area contributed by atoms with Crippen molar-refractivity contribution in [3.63, 3.8) is 0 Å². The summed E-state index contributed by atoms with van der Waals surface area (Å²) in [5.41, 5.74) is 3.43. The second kappa shape index (κ2) is 4.09. The second-order valence-electron chi connectivity index (χ2n) is 7.25. The summed E-state index contributed by atoms with van der Waals surface area (Å²) in [5.74, 6) is 2.36. The zero-order valence-corrected chi connectivity index (χ0v) is 11.8. The molecule has 0 aromatic heterocycles. The molecule has 0 radical (unpaired) electrons. The van der Waals surface area contributed by atoms with Gasteiger partial charge in [0.25, 0.3) is 0 Å². The Labute approximate surface area is 116 Å². The van der Waals surface area contributed by atoms with E-state index in [1.807, 2.05) is 0 Å². The minimum atomic E-state index is -0.0457. The van der Waals surface area contributed by atoms with E-state index in [1.165, 1.54) is 32.1 Å². The Kier molecular flexibility index (Phi) is 2.57. The number of rotatable bonds is 0. The summed E-state index contributed by atoms with van der Waals surface area (Å²) in [6.45, 7) is 2.35. The SMILES string of the molecule is C[C@]12CCC3c4ccccc4CCC3C1CCC2O. The average Bonchev–Trinajstić information content (AvgIpc) is 2.75. The van der Waals surface area contributed by atoms with Gasteiger partial charge in [0.2, 0.25) is 0 Å². The number of aliphatic hydroxyl groups is 1. The molecule has 3 aliphatic carbocycles. The molecule has 0 heterocycles. The Morgan fingerprint density at radius 1 is 1.11 bits per heavy atom. The Balaban J connectivity index is 1.72. The standard InChI is InChI=1S/C18H24O/c1-18-11-10-14-13-5-3-2-4-12(13)6-7-15(14)16(18)8-9-17(18)19/h2-5,14-17,19H,6-11H2,1H3/t14?,15?,16?,17?,18-/m0/s1. The summed E-state index contributed by atoms with van der Waals surface area (Å²) in [6.07, 6.45) is 7.33. The first-order valence-corrected chi connectivity index (χ1v) is 7.96. The molecule has 1 N–H and O–H groups in total. The molecule has 5 atom stereocenters. The van der Waals surface area contributed by atoms with E-state index in [-0.39, 0.29) is 11.5 Å². The number of aryl methyl sites for hydroxylation is 1. The van der Waals surface area contributed by atoms with Crippen LogP contribution in [0.5, 0.6) is 0 Å². The maximum Gasteiger partial charge on any atom is 0.0596 e. The van der Waals surface area contributed by atoms with E-state index < -0.39 is 0 Å². The van der Waals surface area contributed by atoms with Crippen LogP contribution in [0.1, 0.15) is 56.1 Å². The summed E-state index contributed by atoms with van der Waals surface area (Å²) in [6, 6.07) is 9.08. The lowest BCUT2D eigenvalue weighted by atomic mass is 9.55. The Hall–Kier alpha value is -0.820. The molecule has 1 nitrogen and oxygen atoms in total. The third-order valence-corrected chi connectivity index (χ3v) is 6.59. The summed E-state index contributed by atoms with van der Waals surface area (Å²) in [5, 5.41) is 10.4. The molecule has 1 aromatic rings. The largest absolute Gasteiger partial charge is 0.393 e. The summed E-state index contributed by atoms with van der Waals surface area (Å²) >= 11 is 0. The van der Waals surface area contributed by atoms with Crippen LogP contribution in [-0.2, 0) is 6.42 Å². The quantitative estimate of drug-likeness (QED) is 0.746. The topological polar surface area (TPSA) is 20.2 Å². The Bertz CT molecular complexity index is 494. The summed E-state index contributed by atoms with van der Waals surface area (Å²) < 4.78 is 0. The minimum Gasteiger partial charge on any atom is -0.393 e. The Morgan fingerprint density at radius 3 is 2.84 bits per heavy atom. The zero-order valence-electron chi connectivity index (χ0n) is 11.8. The Morgan fingerprint density at radius 2 is 1.95 bits per heavy atom. The molecule has 2 fully saturated rings. The highest BCUT2D eigenvalue weighted by Crippen LogP contribution is 2.60. The molecule has 0 bridgehead atoms. The van der Waals surface area contributed by atoms with Gasteiger partial charge in [-0.05, 0) is 72.8 Å². The van der Waals surface area contributed by atoms with Gasteiger partial charge in [0.05, 0.1) is 6.10 Å². The van der Waals surface area contributed by atoms with Gasteiger partial charge in [-0.3, -0.25) is 0 Å². The molecule has 1 aromatic carbocycles. The highest BCUT2D eigenvalue weighted by atomic mass is 16.3. The van der Waals surface area contributed by atoms with Crippen LogP contribution in [0.2, 0.25) is 0 Å². The molecule has 19 heavy (non-hydrogen) atoms. The van der Waals surface area contributed by atoms with Crippen molar-refractivity contribution in [1.82, 2.24) is 0 Å². The number of aliphatic hydroxyl groups excluding tert-OH is 1. The lowest BCUT2D eigenvalue weighted by molar-refractivity contribution is -0.0226. The first-order valence-electron chi connectivity index (χ1n) is 7.96. The van der Waals surface area contributed by atoms with E-state index >= 15 is 0 Å². The highest BCUT2D eigenvalue weighted by Gasteiger charge is 2.54. The molecular formula is C18H24O. The molecule has 102 valence electrons.